The van der Waals surface area contributed by atoms with Crippen molar-refractivity contribution in [3.63, 3.8) is 0 Å². The third-order valence-electron chi connectivity index (χ3n) is 3.35. The summed E-state index contributed by atoms with van der Waals surface area (Å²) in [4.78, 5) is 11.1. The van der Waals surface area contributed by atoms with Gasteiger partial charge in [-0.2, -0.15) is 0 Å². The fraction of sp³-hybridized carbons (Fsp3) is 0.533. The molecule has 1 unspecified atom stereocenters. The van der Waals surface area contributed by atoms with Crippen molar-refractivity contribution in [1.29, 1.82) is 0 Å². The Labute approximate surface area is 109 Å². The Morgan fingerprint density at radius 3 is 2.78 bits per heavy atom. The van der Waals surface area contributed by atoms with Crippen LogP contribution in [0.15, 0.2) is 18.2 Å². The molecule has 1 aliphatic rings. The van der Waals surface area contributed by atoms with Gasteiger partial charge in [-0.1, -0.05) is 18.9 Å². The molecule has 1 fully saturated rings. The lowest BCUT2D eigenvalue weighted by atomic mass is 10.1. The average Bonchev–Trinajstić information content (AvgIpc) is 3.06. The summed E-state index contributed by atoms with van der Waals surface area (Å²) in [5.41, 5.74) is 3.06. The number of hydrogen-bond donors (Lipinski definition) is 2. The molecular formula is C15H22N2O. The van der Waals surface area contributed by atoms with E-state index in [-0.39, 0.29) is 5.91 Å². The Morgan fingerprint density at radius 1 is 1.44 bits per heavy atom. The maximum Gasteiger partial charge on any atom is 0.221 e. The molecular weight excluding hydrogens is 224 g/mol. The van der Waals surface area contributed by atoms with E-state index in [0.717, 1.165) is 22.9 Å². The van der Waals surface area contributed by atoms with Gasteiger partial charge in [0.05, 0.1) is 0 Å². The molecule has 1 saturated carbocycles. The Kier molecular flexibility index (Phi) is 3.90. The number of carbonyl (C=O) groups is 1. The van der Waals surface area contributed by atoms with Gasteiger partial charge in [0.2, 0.25) is 5.91 Å². The Bertz CT molecular complexity index is 438. The van der Waals surface area contributed by atoms with Crippen molar-refractivity contribution in [3.05, 3.63) is 23.8 Å². The zero-order valence-corrected chi connectivity index (χ0v) is 11.4. The van der Waals surface area contributed by atoms with Crippen LogP contribution in [0.4, 0.5) is 11.4 Å². The predicted octanol–water partition coefficient (Wildman–Crippen LogP) is 3.55. The molecule has 1 amide bonds. The largest absolute Gasteiger partial charge is 0.383 e. The molecule has 3 heteroatoms. The molecule has 0 bridgehead atoms. The molecule has 1 atom stereocenters. The van der Waals surface area contributed by atoms with Crippen LogP contribution in [-0.4, -0.2) is 11.9 Å². The third kappa shape index (κ3) is 3.76. The van der Waals surface area contributed by atoms with Gasteiger partial charge in [-0.05, 0) is 43.9 Å². The minimum Gasteiger partial charge on any atom is -0.383 e. The summed E-state index contributed by atoms with van der Waals surface area (Å²) in [7, 11) is 0. The zero-order chi connectivity index (χ0) is 13.1. The molecule has 0 radical (unpaired) electrons. The number of aryl methyl sites for hydroxylation is 1. The van der Waals surface area contributed by atoms with E-state index >= 15 is 0 Å². The van der Waals surface area contributed by atoms with Gasteiger partial charge in [-0.25, -0.2) is 0 Å². The quantitative estimate of drug-likeness (QED) is 0.834. The van der Waals surface area contributed by atoms with Crippen LogP contribution in [0.5, 0.6) is 0 Å². The number of rotatable bonds is 5. The summed E-state index contributed by atoms with van der Waals surface area (Å²) >= 11 is 0. The first kappa shape index (κ1) is 12.9. The van der Waals surface area contributed by atoms with Crippen molar-refractivity contribution < 1.29 is 4.79 Å². The summed E-state index contributed by atoms with van der Waals surface area (Å²) < 4.78 is 0. The highest BCUT2D eigenvalue weighted by atomic mass is 16.1. The van der Waals surface area contributed by atoms with Gasteiger partial charge in [-0.15, -0.1) is 0 Å². The molecule has 1 aliphatic carbocycles. The normalized spacial score (nSPS) is 16.2. The highest BCUT2D eigenvalue weighted by Gasteiger charge is 2.23. The Hall–Kier alpha value is -1.51. The fourth-order valence-corrected chi connectivity index (χ4v) is 2.23. The van der Waals surface area contributed by atoms with Gasteiger partial charge in [-0.3, -0.25) is 4.79 Å². The van der Waals surface area contributed by atoms with Crippen molar-refractivity contribution in [2.24, 2.45) is 5.92 Å². The second-order valence-electron chi connectivity index (χ2n) is 5.44. The molecule has 0 aliphatic heterocycles. The fourth-order valence-electron chi connectivity index (χ4n) is 2.23. The predicted molar refractivity (Wildman–Crippen MR) is 75.9 cm³/mol. The van der Waals surface area contributed by atoms with Gasteiger partial charge in [0.15, 0.2) is 0 Å². The van der Waals surface area contributed by atoms with E-state index in [1.165, 1.54) is 26.2 Å². The maximum absolute atomic E-state index is 11.1. The standard InChI is InChI=1S/C15H22N2O/c1-10-4-7-14(9-15(10)17-12(3)18)16-11(2)8-13-5-6-13/h4,7,9,11,13,16H,5-6,8H2,1-3H3,(H,17,18). The lowest BCUT2D eigenvalue weighted by molar-refractivity contribution is -0.114. The highest BCUT2D eigenvalue weighted by molar-refractivity contribution is 5.90. The number of benzene rings is 1. The van der Waals surface area contributed by atoms with E-state index in [1.807, 2.05) is 19.1 Å². The van der Waals surface area contributed by atoms with Crippen molar-refractivity contribution in [2.75, 3.05) is 10.6 Å². The van der Waals surface area contributed by atoms with Crippen LogP contribution in [0.2, 0.25) is 0 Å². The van der Waals surface area contributed by atoms with Crippen LogP contribution in [0, 0.1) is 12.8 Å². The highest BCUT2D eigenvalue weighted by Crippen LogP contribution is 2.34. The first-order valence-corrected chi connectivity index (χ1v) is 6.69. The summed E-state index contributed by atoms with van der Waals surface area (Å²) in [6.07, 6.45) is 4.01. The number of nitrogens with one attached hydrogen (secondary N) is 2. The Balaban J connectivity index is 2.00. The first-order valence-electron chi connectivity index (χ1n) is 6.69. The molecule has 0 aromatic heterocycles. The average molecular weight is 246 g/mol. The van der Waals surface area contributed by atoms with Crippen molar-refractivity contribution in [1.82, 2.24) is 0 Å². The van der Waals surface area contributed by atoms with Crippen LogP contribution < -0.4 is 10.6 Å². The molecule has 2 rings (SSSR count). The molecule has 3 nitrogen and oxygen atoms in total. The minimum atomic E-state index is -0.0266. The van der Waals surface area contributed by atoms with E-state index < -0.39 is 0 Å². The number of amides is 1. The van der Waals surface area contributed by atoms with Crippen LogP contribution in [0.25, 0.3) is 0 Å². The van der Waals surface area contributed by atoms with Crippen molar-refractivity contribution in [3.8, 4) is 0 Å². The number of hydrogen-bond acceptors (Lipinski definition) is 2. The second-order valence-corrected chi connectivity index (χ2v) is 5.44. The van der Waals surface area contributed by atoms with Crippen molar-refractivity contribution in [2.45, 2.75) is 46.1 Å². The van der Waals surface area contributed by atoms with E-state index in [2.05, 4.69) is 23.6 Å². The summed E-state index contributed by atoms with van der Waals surface area (Å²) in [6, 6.07) is 6.62. The molecule has 98 valence electrons. The van der Waals surface area contributed by atoms with Gasteiger partial charge < -0.3 is 10.6 Å². The van der Waals surface area contributed by atoms with Gasteiger partial charge >= 0.3 is 0 Å². The van der Waals surface area contributed by atoms with Crippen LogP contribution in [-0.2, 0) is 4.79 Å². The number of anilines is 2. The Morgan fingerprint density at radius 2 is 2.17 bits per heavy atom. The van der Waals surface area contributed by atoms with E-state index in [9.17, 15) is 4.79 Å². The first-order chi connectivity index (χ1) is 8.54. The lowest BCUT2D eigenvalue weighted by Crippen LogP contribution is -2.16. The molecule has 0 saturated heterocycles. The van der Waals surface area contributed by atoms with Gasteiger partial charge in [0.25, 0.3) is 0 Å². The molecule has 1 aromatic carbocycles. The minimum absolute atomic E-state index is 0.0266. The van der Waals surface area contributed by atoms with E-state index in [0.29, 0.717) is 6.04 Å². The maximum atomic E-state index is 11.1. The summed E-state index contributed by atoms with van der Waals surface area (Å²) in [5.74, 6) is 0.897. The van der Waals surface area contributed by atoms with Gasteiger partial charge in [0, 0.05) is 24.3 Å². The molecule has 1 aromatic rings. The molecule has 18 heavy (non-hydrogen) atoms. The van der Waals surface area contributed by atoms with Gasteiger partial charge in [0.1, 0.15) is 0 Å². The molecule has 0 heterocycles. The number of carbonyl (C=O) groups excluding carboxylic acids is 1. The van der Waals surface area contributed by atoms with Crippen LogP contribution >= 0.6 is 0 Å². The van der Waals surface area contributed by atoms with E-state index in [1.54, 1.807) is 0 Å². The molecule has 2 N–H and O–H groups in total. The second kappa shape index (κ2) is 5.42. The lowest BCUT2D eigenvalue weighted by Gasteiger charge is -2.16. The van der Waals surface area contributed by atoms with Crippen LogP contribution in [0.1, 0.15) is 38.7 Å². The monoisotopic (exact) mass is 246 g/mol. The topological polar surface area (TPSA) is 41.1 Å². The smallest absolute Gasteiger partial charge is 0.221 e. The van der Waals surface area contributed by atoms with Crippen LogP contribution in [0.3, 0.4) is 0 Å². The third-order valence-corrected chi connectivity index (χ3v) is 3.35. The van der Waals surface area contributed by atoms with Crippen molar-refractivity contribution >= 4 is 17.3 Å². The van der Waals surface area contributed by atoms with E-state index in [4.69, 9.17) is 0 Å². The summed E-state index contributed by atoms with van der Waals surface area (Å²) in [6.45, 7) is 5.76. The molecule has 0 spiro atoms. The SMILES string of the molecule is CC(=O)Nc1cc(NC(C)CC2CC2)ccc1C. The zero-order valence-electron chi connectivity index (χ0n) is 11.4. The summed E-state index contributed by atoms with van der Waals surface area (Å²) in [5, 5.41) is 6.36.